The number of hydrogen-bond donors (Lipinski definition) is 0. The molecular weight excluding hydrogens is 274 g/mol. The van der Waals surface area contributed by atoms with Crippen LogP contribution in [0.2, 0.25) is 0 Å². The highest BCUT2D eigenvalue weighted by molar-refractivity contribution is 6.04. The Labute approximate surface area is 130 Å². The summed E-state index contributed by atoms with van der Waals surface area (Å²) in [6.07, 6.45) is 1.77. The van der Waals surface area contributed by atoms with E-state index in [9.17, 15) is 4.79 Å². The number of ether oxygens (including phenoxy) is 1. The van der Waals surface area contributed by atoms with Gasteiger partial charge >= 0.3 is 5.97 Å². The number of para-hydroxylation sites is 1. The summed E-state index contributed by atoms with van der Waals surface area (Å²) < 4.78 is 7.45. The number of rotatable bonds is 4. The molecule has 0 saturated heterocycles. The zero-order valence-corrected chi connectivity index (χ0v) is 12.8. The molecule has 22 heavy (non-hydrogen) atoms. The molecule has 3 aromatic rings. The fourth-order valence-corrected chi connectivity index (χ4v) is 2.60. The zero-order chi connectivity index (χ0) is 15.5. The summed E-state index contributed by atoms with van der Waals surface area (Å²) in [6, 6.07) is 18.1. The molecule has 3 heteroatoms. The van der Waals surface area contributed by atoms with Crippen molar-refractivity contribution < 1.29 is 9.53 Å². The highest BCUT2D eigenvalue weighted by Gasteiger charge is 2.17. The van der Waals surface area contributed by atoms with Crippen LogP contribution in [0.4, 0.5) is 0 Å². The van der Waals surface area contributed by atoms with Gasteiger partial charge in [-0.3, -0.25) is 0 Å². The summed E-state index contributed by atoms with van der Waals surface area (Å²) >= 11 is 0. The monoisotopic (exact) mass is 293 g/mol. The Balaban J connectivity index is 2.02. The summed E-state index contributed by atoms with van der Waals surface area (Å²) in [5, 5.41) is 0.934. The SMILES string of the molecule is CC(C)OC(=O)c1cn(Cc2ccccc2)c2ccccc12. The summed E-state index contributed by atoms with van der Waals surface area (Å²) in [4.78, 5) is 12.3. The predicted molar refractivity (Wildman–Crippen MR) is 88.0 cm³/mol. The van der Waals surface area contributed by atoms with E-state index in [4.69, 9.17) is 4.74 Å². The van der Waals surface area contributed by atoms with E-state index in [1.807, 2.05) is 62.5 Å². The number of carbonyl (C=O) groups is 1. The maximum atomic E-state index is 12.3. The van der Waals surface area contributed by atoms with Gasteiger partial charge in [-0.1, -0.05) is 48.5 Å². The lowest BCUT2D eigenvalue weighted by Gasteiger charge is -2.06. The first kappa shape index (κ1) is 14.4. The molecule has 0 amide bonds. The standard InChI is InChI=1S/C19H19NO2/c1-14(2)22-19(21)17-13-20(12-15-8-4-3-5-9-15)18-11-7-6-10-16(17)18/h3-11,13-14H,12H2,1-2H3. The van der Waals surface area contributed by atoms with Crippen molar-refractivity contribution in [2.75, 3.05) is 0 Å². The molecule has 1 heterocycles. The van der Waals surface area contributed by atoms with Crippen molar-refractivity contribution in [3.8, 4) is 0 Å². The van der Waals surface area contributed by atoms with E-state index in [2.05, 4.69) is 16.7 Å². The van der Waals surface area contributed by atoms with Gasteiger partial charge in [-0.15, -0.1) is 0 Å². The molecule has 3 rings (SSSR count). The van der Waals surface area contributed by atoms with Crippen molar-refractivity contribution in [3.05, 3.63) is 71.9 Å². The van der Waals surface area contributed by atoms with Gasteiger partial charge < -0.3 is 9.30 Å². The van der Waals surface area contributed by atoms with Crippen molar-refractivity contribution in [3.63, 3.8) is 0 Å². The van der Waals surface area contributed by atoms with Gasteiger partial charge in [0.1, 0.15) is 0 Å². The quantitative estimate of drug-likeness (QED) is 0.673. The lowest BCUT2D eigenvalue weighted by atomic mass is 10.2. The van der Waals surface area contributed by atoms with Crippen LogP contribution < -0.4 is 0 Å². The van der Waals surface area contributed by atoms with Crippen molar-refractivity contribution in [2.24, 2.45) is 0 Å². The molecule has 0 fully saturated rings. The molecule has 2 aromatic carbocycles. The average molecular weight is 293 g/mol. The maximum Gasteiger partial charge on any atom is 0.340 e. The highest BCUT2D eigenvalue weighted by Crippen LogP contribution is 2.23. The molecule has 0 bridgehead atoms. The largest absolute Gasteiger partial charge is 0.459 e. The molecule has 1 aromatic heterocycles. The summed E-state index contributed by atoms with van der Waals surface area (Å²) in [5.41, 5.74) is 2.87. The molecule has 0 atom stereocenters. The summed E-state index contributed by atoms with van der Waals surface area (Å²) in [7, 11) is 0. The predicted octanol–water partition coefficient (Wildman–Crippen LogP) is 4.25. The number of carbonyl (C=O) groups excluding carboxylic acids is 1. The minimum absolute atomic E-state index is 0.122. The van der Waals surface area contributed by atoms with Gasteiger partial charge in [0.2, 0.25) is 0 Å². The van der Waals surface area contributed by atoms with Crippen LogP contribution in [0.5, 0.6) is 0 Å². The summed E-state index contributed by atoms with van der Waals surface area (Å²) in [5.74, 6) is -0.266. The number of hydrogen-bond acceptors (Lipinski definition) is 2. The third-order valence-corrected chi connectivity index (χ3v) is 3.55. The van der Waals surface area contributed by atoms with E-state index >= 15 is 0 Å². The molecular formula is C19H19NO2. The Kier molecular flexibility index (Phi) is 3.96. The van der Waals surface area contributed by atoms with Gasteiger partial charge in [0, 0.05) is 23.6 Å². The Morgan fingerprint density at radius 2 is 1.73 bits per heavy atom. The van der Waals surface area contributed by atoms with Crippen LogP contribution in [0.15, 0.2) is 60.8 Å². The maximum absolute atomic E-state index is 12.3. The molecule has 0 aliphatic rings. The van der Waals surface area contributed by atoms with E-state index in [1.165, 1.54) is 5.56 Å². The average Bonchev–Trinajstić information content (AvgIpc) is 2.87. The zero-order valence-electron chi connectivity index (χ0n) is 12.8. The van der Waals surface area contributed by atoms with E-state index in [0.717, 1.165) is 17.4 Å². The lowest BCUT2D eigenvalue weighted by molar-refractivity contribution is 0.0380. The van der Waals surface area contributed by atoms with Crippen LogP contribution in [-0.2, 0) is 11.3 Å². The topological polar surface area (TPSA) is 31.2 Å². The molecule has 0 radical (unpaired) electrons. The van der Waals surface area contributed by atoms with E-state index < -0.39 is 0 Å². The van der Waals surface area contributed by atoms with Crippen molar-refractivity contribution in [2.45, 2.75) is 26.5 Å². The normalized spacial score (nSPS) is 11.0. The van der Waals surface area contributed by atoms with Gasteiger partial charge in [0.25, 0.3) is 0 Å². The molecule has 112 valence electrons. The fourth-order valence-electron chi connectivity index (χ4n) is 2.60. The number of fused-ring (bicyclic) bond motifs is 1. The fraction of sp³-hybridized carbons (Fsp3) is 0.211. The van der Waals surface area contributed by atoms with Gasteiger partial charge in [-0.25, -0.2) is 4.79 Å². The highest BCUT2D eigenvalue weighted by atomic mass is 16.5. The Hall–Kier alpha value is -2.55. The van der Waals surface area contributed by atoms with Crippen LogP contribution >= 0.6 is 0 Å². The van der Waals surface area contributed by atoms with Crippen LogP contribution in [0.25, 0.3) is 10.9 Å². The second-order valence-electron chi connectivity index (χ2n) is 5.63. The summed E-state index contributed by atoms with van der Waals surface area (Å²) in [6.45, 7) is 4.46. The first-order valence-corrected chi connectivity index (χ1v) is 7.48. The van der Waals surface area contributed by atoms with Crippen LogP contribution in [-0.4, -0.2) is 16.6 Å². The van der Waals surface area contributed by atoms with Crippen molar-refractivity contribution in [1.82, 2.24) is 4.57 Å². The molecule has 0 N–H and O–H groups in total. The van der Waals surface area contributed by atoms with Gasteiger partial charge in [0.05, 0.1) is 11.7 Å². The molecule has 0 aliphatic carbocycles. The van der Waals surface area contributed by atoms with E-state index in [-0.39, 0.29) is 12.1 Å². The minimum Gasteiger partial charge on any atom is -0.459 e. The Bertz CT molecular complexity index is 788. The van der Waals surface area contributed by atoms with E-state index in [0.29, 0.717) is 5.56 Å². The third kappa shape index (κ3) is 2.89. The number of benzene rings is 2. The van der Waals surface area contributed by atoms with Crippen LogP contribution in [0.1, 0.15) is 29.8 Å². The van der Waals surface area contributed by atoms with Crippen molar-refractivity contribution >= 4 is 16.9 Å². The number of nitrogens with zero attached hydrogens (tertiary/aromatic N) is 1. The van der Waals surface area contributed by atoms with Gasteiger partial charge in [-0.05, 0) is 25.5 Å². The second-order valence-corrected chi connectivity index (χ2v) is 5.63. The second kappa shape index (κ2) is 6.06. The van der Waals surface area contributed by atoms with Gasteiger partial charge in [-0.2, -0.15) is 0 Å². The van der Waals surface area contributed by atoms with Crippen LogP contribution in [0, 0.1) is 0 Å². The number of aromatic nitrogens is 1. The number of esters is 1. The Morgan fingerprint density at radius 1 is 1.05 bits per heavy atom. The first-order valence-electron chi connectivity index (χ1n) is 7.48. The smallest absolute Gasteiger partial charge is 0.340 e. The van der Waals surface area contributed by atoms with Gasteiger partial charge in [0.15, 0.2) is 0 Å². The minimum atomic E-state index is -0.266. The van der Waals surface area contributed by atoms with Crippen molar-refractivity contribution in [1.29, 1.82) is 0 Å². The molecule has 0 saturated carbocycles. The lowest BCUT2D eigenvalue weighted by Crippen LogP contribution is -2.11. The first-order chi connectivity index (χ1) is 10.6. The van der Waals surface area contributed by atoms with E-state index in [1.54, 1.807) is 0 Å². The molecule has 0 unspecified atom stereocenters. The molecule has 0 aliphatic heterocycles. The third-order valence-electron chi connectivity index (χ3n) is 3.55. The Morgan fingerprint density at radius 3 is 2.45 bits per heavy atom. The van der Waals surface area contributed by atoms with Crippen LogP contribution in [0.3, 0.4) is 0 Å². The molecule has 0 spiro atoms. The molecule has 3 nitrogen and oxygen atoms in total.